The highest BCUT2D eigenvalue weighted by atomic mass is 35.5. The minimum absolute atomic E-state index is 0.0448. The number of nitrogens with zero attached hydrogens (tertiary/aromatic N) is 1. The van der Waals surface area contributed by atoms with Gasteiger partial charge in [0.15, 0.2) is 0 Å². The maximum atomic E-state index is 12.1. The summed E-state index contributed by atoms with van der Waals surface area (Å²) < 4.78 is 0.789. The molecular formula is C15H18ClN3OS. The van der Waals surface area contributed by atoms with Gasteiger partial charge in [-0.25, -0.2) is 0 Å². The van der Waals surface area contributed by atoms with E-state index in [9.17, 15) is 4.79 Å². The lowest BCUT2D eigenvalue weighted by Crippen LogP contribution is -2.23. The second-order valence-electron chi connectivity index (χ2n) is 4.89. The van der Waals surface area contributed by atoms with Gasteiger partial charge in [0.2, 0.25) is 0 Å². The lowest BCUT2D eigenvalue weighted by Gasteiger charge is -2.15. The summed E-state index contributed by atoms with van der Waals surface area (Å²) in [5.74, 6) is -0.0448. The minimum Gasteiger partial charge on any atom is -0.399 e. The van der Waals surface area contributed by atoms with Crippen LogP contribution in [0.4, 0.5) is 11.4 Å². The fraction of sp³-hybridized carbons (Fsp3) is 0.267. The lowest BCUT2D eigenvalue weighted by molar-refractivity contribution is 0.0828. The molecule has 0 atom stereocenters. The number of carbonyl (C=O) groups is 1. The molecule has 0 spiro atoms. The van der Waals surface area contributed by atoms with Crippen LogP contribution < -0.4 is 11.1 Å². The topological polar surface area (TPSA) is 58.4 Å². The first-order chi connectivity index (χ1) is 9.97. The number of nitrogens with one attached hydrogen (secondary N) is 1. The number of amides is 1. The quantitative estimate of drug-likeness (QED) is 0.830. The van der Waals surface area contributed by atoms with Crippen LogP contribution >= 0.6 is 22.9 Å². The van der Waals surface area contributed by atoms with Crippen LogP contribution in [0.3, 0.4) is 0 Å². The monoisotopic (exact) mass is 323 g/mol. The molecule has 1 aromatic heterocycles. The van der Waals surface area contributed by atoms with E-state index < -0.39 is 0 Å². The lowest BCUT2D eigenvalue weighted by atomic mass is 10.1. The van der Waals surface area contributed by atoms with Gasteiger partial charge in [0, 0.05) is 36.9 Å². The van der Waals surface area contributed by atoms with Crippen molar-refractivity contribution < 1.29 is 4.79 Å². The predicted molar refractivity (Wildman–Crippen MR) is 90.4 cm³/mol. The van der Waals surface area contributed by atoms with Gasteiger partial charge in [0.05, 0.1) is 9.90 Å². The maximum Gasteiger partial charge on any atom is 0.255 e. The van der Waals surface area contributed by atoms with Crippen molar-refractivity contribution in [3.8, 4) is 0 Å². The largest absolute Gasteiger partial charge is 0.399 e. The third-order valence-corrected chi connectivity index (χ3v) is 4.29. The Hall–Kier alpha value is -1.72. The summed E-state index contributed by atoms with van der Waals surface area (Å²) in [6.45, 7) is 0.716. The van der Waals surface area contributed by atoms with Gasteiger partial charge in [0.1, 0.15) is 0 Å². The van der Waals surface area contributed by atoms with Crippen molar-refractivity contribution in [2.75, 3.05) is 31.7 Å². The van der Waals surface area contributed by atoms with E-state index in [4.69, 9.17) is 17.3 Å². The van der Waals surface area contributed by atoms with E-state index in [1.807, 2.05) is 12.1 Å². The Morgan fingerprint density at radius 1 is 1.33 bits per heavy atom. The van der Waals surface area contributed by atoms with E-state index in [1.54, 1.807) is 48.5 Å². The van der Waals surface area contributed by atoms with Crippen molar-refractivity contribution in [2.24, 2.45) is 0 Å². The molecule has 21 heavy (non-hydrogen) atoms. The summed E-state index contributed by atoms with van der Waals surface area (Å²) in [6, 6.07) is 9.18. The number of rotatable bonds is 5. The molecule has 0 saturated heterocycles. The molecule has 0 aliphatic rings. The number of anilines is 2. The number of thiophene rings is 1. The number of benzene rings is 1. The molecule has 4 nitrogen and oxygen atoms in total. The van der Waals surface area contributed by atoms with Crippen molar-refractivity contribution in [1.29, 1.82) is 0 Å². The first kappa shape index (κ1) is 15.7. The second kappa shape index (κ2) is 6.83. The first-order valence-corrected chi connectivity index (χ1v) is 7.76. The summed E-state index contributed by atoms with van der Waals surface area (Å²) in [5.41, 5.74) is 7.83. The van der Waals surface area contributed by atoms with E-state index >= 15 is 0 Å². The van der Waals surface area contributed by atoms with Gasteiger partial charge in [0.25, 0.3) is 5.91 Å². The molecule has 6 heteroatoms. The molecule has 2 rings (SSSR count). The number of halogens is 1. The maximum absolute atomic E-state index is 12.1. The Bertz CT molecular complexity index is 640. The molecule has 1 heterocycles. The highest BCUT2D eigenvalue weighted by molar-refractivity contribution is 7.16. The molecular weight excluding hydrogens is 306 g/mol. The van der Waals surface area contributed by atoms with E-state index in [0.717, 1.165) is 16.4 Å². The van der Waals surface area contributed by atoms with Gasteiger partial charge in [-0.05, 0) is 36.8 Å². The van der Waals surface area contributed by atoms with Crippen LogP contribution in [0.1, 0.15) is 15.2 Å². The normalized spacial score (nSPS) is 10.4. The van der Waals surface area contributed by atoms with Crippen LogP contribution in [0.2, 0.25) is 4.34 Å². The summed E-state index contributed by atoms with van der Waals surface area (Å²) in [7, 11) is 3.46. The molecule has 0 saturated carbocycles. The van der Waals surface area contributed by atoms with Crippen LogP contribution in [0.25, 0.3) is 0 Å². The van der Waals surface area contributed by atoms with Gasteiger partial charge in [-0.15, -0.1) is 11.3 Å². The van der Waals surface area contributed by atoms with Crippen LogP contribution in [0, 0.1) is 0 Å². The Labute approximate surface area is 133 Å². The summed E-state index contributed by atoms with van der Waals surface area (Å²) in [5, 5.41) is 3.28. The molecule has 0 aliphatic heterocycles. The summed E-state index contributed by atoms with van der Waals surface area (Å²) in [4.78, 5) is 14.9. The summed E-state index contributed by atoms with van der Waals surface area (Å²) >= 11 is 7.48. The predicted octanol–water partition coefficient (Wildman–Crippen LogP) is 3.34. The standard InChI is InChI=1S/C15H18ClN3OS/c1-19(2)15(20)12-5-3-10(17)9-13(12)18-8-7-11-4-6-14(16)21-11/h3-6,9,18H,7-8,17H2,1-2H3. The van der Waals surface area contributed by atoms with E-state index in [0.29, 0.717) is 17.8 Å². The van der Waals surface area contributed by atoms with Gasteiger partial charge >= 0.3 is 0 Å². The fourth-order valence-electron chi connectivity index (χ4n) is 1.94. The molecule has 0 fully saturated rings. The third-order valence-electron chi connectivity index (χ3n) is 3.00. The SMILES string of the molecule is CN(C)C(=O)c1ccc(N)cc1NCCc1ccc(Cl)s1. The van der Waals surface area contributed by atoms with Crippen molar-refractivity contribution in [3.05, 3.63) is 45.1 Å². The minimum atomic E-state index is -0.0448. The van der Waals surface area contributed by atoms with E-state index in [2.05, 4.69) is 5.32 Å². The molecule has 3 N–H and O–H groups in total. The highest BCUT2D eigenvalue weighted by Crippen LogP contribution is 2.23. The van der Waals surface area contributed by atoms with Gasteiger partial charge in [-0.2, -0.15) is 0 Å². The average Bonchev–Trinajstić information content (AvgIpc) is 2.84. The van der Waals surface area contributed by atoms with Crippen LogP contribution in [0.15, 0.2) is 30.3 Å². The molecule has 1 amide bonds. The number of nitrogens with two attached hydrogens (primary N) is 1. The fourth-order valence-corrected chi connectivity index (χ4v) is 3.03. The van der Waals surface area contributed by atoms with Crippen molar-refractivity contribution in [3.63, 3.8) is 0 Å². The van der Waals surface area contributed by atoms with E-state index in [1.165, 1.54) is 4.88 Å². The summed E-state index contributed by atoms with van der Waals surface area (Å²) in [6.07, 6.45) is 0.849. The number of carbonyl (C=O) groups excluding carboxylic acids is 1. The first-order valence-electron chi connectivity index (χ1n) is 6.56. The zero-order valence-electron chi connectivity index (χ0n) is 12.0. The number of hydrogen-bond acceptors (Lipinski definition) is 4. The van der Waals surface area contributed by atoms with Crippen LogP contribution in [0.5, 0.6) is 0 Å². The third kappa shape index (κ3) is 4.12. The number of nitrogen functional groups attached to an aromatic ring is 1. The Balaban J connectivity index is 2.07. The van der Waals surface area contributed by atoms with Crippen LogP contribution in [-0.2, 0) is 6.42 Å². The molecule has 112 valence electrons. The molecule has 0 radical (unpaired) electrons. The Kier molecular flexibility index (Phi) is 5.09. The smallest absolute Gasteiger partial charge is 0.255 e. The zero-order chi connectivity index (χ0) is 15.4. The van der Waals surface area contributed by atoms with Gasteiger partial charge in [-0.1, -0.05) is 11.6 Å². The van der Waals surface area contributed by atoms with Crippen molar-refractivity contribution >= 4 is 40.2 Å². The molecule has 2 aromatic rings. The molecule has 0 aliphatic carbocycles. The second-order valence-corrected chi connectivity index (χ2v) is 6.69. The van der Waals surface area contributed by atoms with Crippen molar-refractivity contribution in [2.45, 2.75) is 6.42 Å². The van der Waals surface area contributed by atoms with Crippen LogP contribution in [-0.4, -0.2) is 31.4 Å². The average molecular weight is 324 g/mol. The van der Waals surface area contributed by atoms with Crippen molar-refractivity contribution in [1.82, 2.24) is 4.90 Å². The van der Waals surface area contributed by atoms with E-state index in [-0.39, 0.29) is 5.91 Å². The number of hydrogen-bond donors (Lipinski definition) is 2. The molecule has 0 bridgehead atoms. The Morgan fingerprint density at radius 3 is 2.71 bits per heavy atom. The highest BCUT2D eigenvalue weighted by Gasteiger charge is 2.13. The Morgan fingerprint density at radius 2 is 2.10 bits per heavy atom. The molecule has 1 aromatic carbocycles. The van der Waals surface area contributed by atoms with Gasteiger partial charge in [-0.3, -0.25) is 4.79 Å². The van der Waals surface area contributed by atoms with Gasteiger partial charge < -0.3 is 16.0 Å². The zero-order valence-corrected chi connectivity index (χ0v) is 13.6. The molecule has 0 unspecified atom stereocenters.